The van der Waals surface area contributed by atoms with E-state index in [0.717, 1.165) is 0 Å². The van der Waals surface area contributed by atoms with E-state index in [2.05, 4.69) is 0 Å². The van der Waals surface area contributed by atoms with Crippen LogP contribution < -0.4 is 11.5 Å². The van der Waals surface area contributed by atoms with Crippen molar-refractivity contribution in [2.75, 3.05) is 0 Å². The molecule has 58 valence electrons. The van der Waals surface area contributed by atoms with Crippen LogP contribution in [0.5, 0.6) is 0 Å². The summed E-state index contributed by atoms with van der Waals surface area (Å²) in [5, 5.41) is 0. The summed E-state index contributed by atoms with van der Waals surface area (Å²) in [6.45, 7) is 0. The minimum atomic E-state index is -0.445. The lowest BCUT2D eigenvalue weighted by atomic mass is 10.1. The van der Waals surface area contributed by atoms with Gasteiger partial charge >= 0.3 is 0 Å². The number of primary amides is 1. The first-order chi connectivity index (χ1) is 4.66. The van der Waals surface area contributed by atoms with Crippen LogP contribution in [-0.2, 0) is 9.59 Å². The third-order valence-electron chi connectivity index (χ3n) is 1.14. The Kier molecular flexibility index (Phi) is 4.49. The molecule has 4 nitrogen and oxygen atoms in total. The summed E-state index contributed by atoms with van der Waals surface area (Å²) in [6.07, 6.45) is 2.10. The third-order valence-corrected chi connectivity index (χ3v) is 1.14. The van der Waals surface area contributed by atoms with Crippen LogP contribution >= 0.6 is 0 Å². The molecule has 0 aliphatic heterocycles. The van der Waals surface area contributed by atoms with Crippen molar-refractivity contribution < 1.29 is 9.59 Å². The van der Waals surface area contributed by atoms with Gasteiger partial charge in [-0.25, -0.2) is 0 Å². The van der Waals surface area contributed by atoms with Gasteiger partial charge in [-0.15, -0.1) is 0 Å². The molecule has 0 aromatic heterocycles. The molecule has 1 amide bonds. The Hall–Kier alpha value is -0.900. The summed E-state index contributed by atoms with van der Waals surface area (Å²) in [5.41, 5.74) is 10.1. The van der Waals surface area contributed by atoms with E-state index in [4.69, 9.17) is 11.5 Å². The fourth-order valence-corrected chi connectivity index (χ4v) is 0.580. The van der Waals surface area contributed by atoms with E-state index in [1.807, 2.05) is 0 Å². The maximum absolute atomic E-state index is 10.2. The van der Waals surface area contributed by atoms with Crippen LogP contribution in [0.2, 0.25) is 0 Å². The smallest absolute Gasteiger partial charge is 0.217 e. The molecule has 0 aromatic rings. The van der Waals surface area contributed by atoms with Crippen molar-refractivity contribution >= 4 is 12.2 Å². The lowest BCUT2D eigenvalue weighted by Crippen LogP contribution is -2.22. The van der Waals surface area contributed by atoms with Gasteiger partial charge in [0.15, 0.2) is 0 Å². The first-order valence-corrected chi connectivity index (χ1v) is 3.16. The van der Waals surface area contributed by atoms with Crippen LogP contribution in [0.25, 0.3) is 0 Å². The molecule has 4 N–H and O–H groups in total. The Morgan fingerprint density at radius 3 is 2.60 bits per heavy atom. The summed E-state index contributed by atoms with van der Waals surface area (Å²) in [7, 11) is 0. The van der Waals surface area contributed by atoms with Crippen LogP contribution in [0.3, 0.4) is 0 Å². The SMILES string of the molecule is NC(=O)CCC[C@H](N)C=O. The zero-order chi connectivity index (χ0) is 7.98. The highest BCUT2D eigenvalue weighted by molar-refractivity contribution is 5.73. The Labute approximate surface area is 59.6 Å². The van der Waals surface area contributed by atoms with E-state index in [-0.39, 0.29) is 5.91 Å². The van der Waals surface area contributed by atoms with Gasteiger partial charge in [-0.3, -0.25) is 4.79 Å². The van der Waals surface area contributed by atoms with Crippen molar-refractivity contribution in [3.05, 3.63) is 0 Å². The molecule has 0 aliphatic rings. The molecule has 10 heavy (non-hydrogen) atoms. The van der Waals surface area contributed by atoms with Gasteiger partial charge in [0.05, 0.1) is 6.04 Å². The molecule has 0 aromatic carbocycles. The monoisotopic (exact) mass is 144 g/mol. The van der Waals surface area contributed by atoms with E-state index in [9.17, 15) is 9.59 Å². The zero-order valence-corrected chi connectivity index (χ0v) is 5.75. The summed E-state index contributed by atoms with van der Waals surface area (Å²) in [6, 6.07) is -0.445. The number of nitrogens with two attached hydrogens (primary N) is 2. The summed E-state index contributed by atoms with van der Waals surface area (Å²) in [4.78, 5) is 20.1. The van der Waals surface area contributed by atoms with Crippen molar-refractivity contribution in [1.82, 2.24) is 0 Å². The number of carbonyl (C=O) groups excluding carboxylic acids is 2. The average molecular weight is 144 g/mol. The van der Waals surface area contributed by atoms with E-state index in [1.165, 1.54) is 0 Å². The Morgan fingerprint density at radius 2 is 2.20 bits per heavy atom. The van der Waals surface area contributed by atoms with Gasteiger partial charge in [0, 0.05) is 6.42 Å². The summed E-state index contributed by atoms with van der Waals surface area (Å²) >= 11 is 0. The van der Waals surface area contributed by atoms with Crippen molar-refractivity contribution in [2.45, 2.75) is 25.3 Å². The number of amides is 1. The van der Waals surface area contributed by atoms with Gasteiger partial charge in [-0.05, 0) is 12.8 Å². The Bertz CT molecular complexity index is 125. The second-order valence-electron chi connectivity index (χ2n) is 2.16. The van der Waals surface area contributed by atoms with Gasteiger partial charge in [-0.2, -0.15) is 0 Å². The molecule has 0 saturated heterocycles. The largest absolute Gasteiger partial charge is 0.370 e. The standard InChI is InChI=1S/C6H12N2O2/c7-5(4-9)2-1-3-6(8)10/h4-5H,1-3,7H2,(H2,8,10)/t5-/m0/s1. The maximum Gasteiger partial charge on any atom is 0.217 e. The second kappa shape index (κ2) is 4.93. The third kappa shape index (κ3) is 5.24. The Morgan fingerprint density at radius 1 is 1.60 bits per heavy atom. The molecular formula is C6H12N2O2. The molecule has 0 fully saturated rings. The molecule has 0 saturated carbocycles. The highest BCUT2D eigenvalue weighted by Gasteiger charge is 2.00. The molecule has 0 radical (unpaired) electrons. The molecular weight excluding hydrogens is 132 g/mol. The van der Waals surface area contributed by atoms with Crippen LogP contribution in [-0.4, -0.2) is 18.2 Å². The minimum absolute atomic E-state index is 0.307. The Balaban J connectivity index is 3.19. The minimum Gasteiger partial charge on any atom is -0.370 e. The fourth-order valence-electron chi connectivity index (χ4n) is 0.580. The van der Waals surface area contributed by atoms with Gasteiger partial charge in [0.2, 0.25) is 5.91 Å². The molecule has 0 spiro atoms. The summed E-state index contributed by atoms with van der Waals surface area (Å²) < 4.78 is 0. The highest BCUT2D eigenvalue weighted by atomic mass is 16.1. The van der Waals surface area contributed by atoms with Crippen molar-refractivity contribution in [3.63, 3.8) is 0 Å². The molecule has 0 unspecified atom stereocenters. The van der Waals surface area contributed by atoms with Gasteiger partial charge in [-0.1, -0.05) is 0 Å². The second-order valence-corrected chi connectivity index (χ2v) is 2.16. The van der Waals surface area contributed by atoms with Gasteiger partial charge in [0.25, 0.3) is 0 Å². The van der Waals surface area contributed by atoms with E-state index >= 15 is 0 Å². The quantitative estimate of drug-likeness (QED) is 0.494. The average Bonchev–Trinajstić information content (AvgIpc) is 1.87. The summed E-state index contributed by atoms with van der Waals surface area (Å²) in [5.74, 6) is -0.349. The van der Waals surface area contributed by atoms with Crippen LogP contribution in [0, 0.1) is 0 Å². The van der Waals surface area contributed by atoms with Crippen LogP contribution in [0.15, 0.2) is 0 Å². The van der Waals surface area contributed by atoms with E-state index in [0.29, 0.717) is 25.5 Å². The van der Waals surface area contributed by atoms with Crippen molar-refractivity contribution in [2.24, 2.45) is 11.5 Å². The number of aldehydes is 1. The lowest BCUT2D eigenvalue weighted by molar-refractivity contribution is -0.118. The van der Waals surface area contributed by atoms with Gasteiger partial charge in [0.1, 0.15) is 6.29 Å². The van der Waals surface area contributed by atoms with E-state index in [1.54, 1.807) is 0 Å². The number of rotatable bonds is 5. The first-order valence-electron chi connectivity index (χ1n) is 3.16. The number of hydrogen-bond acceptors (Lipinski definition) is 3. The highest BCUT2D eigenvalue weighted by Crippen LogP contribution is 1.95. The van der Waals surface area contributed by atoms with Crippen molar-refractivity contribution in [1.29, 1.82) is 0 Å². The normalized spacial score (nSPS) is 12.5. The lowest BCUT2D eigenvalue weighted by Gasteiger charge is -1.99. The fraction of sp³-hybridized carbons (Fsp3) is 0.667. The molecule has 4 heteroatoms. The van der Waals surface area contributed by atoms with Crippen LogP contribution in [0.4, 0.5) is 0 Å². The maximum atomic E-state index is 10.2. The van der Waals surface area contributed by atoms with E-state index < -0.39 is 6.04 Å². The predicted molar refractivity (Wildman–Crippen MR) is 37.1 cm³/mol. The van der Waals surface area contributed by atoms with Gasteiger partial charge < -0.3 is 16.3 Å². The topological polar surface area (TPSA) is 86.2 Å². The molecule has 0 aliphatic carbocycles. The van der Waals surface area contributed by atoms with Crippen LogP contribution in [0.1, 0.15) is 19.3 Å². The zero-order valence-electron chi connectivity index (χ0n) is 5.75. The number of hydrogen-bond donors (Lipinski definition) is 2. The molecule has 0 heterocycles. The molecule has 0 bridgehead atoms. The molecule has 0 rings (SSSR count). The number of carbonyl (C=O) groups is 2. The first kappa shape index (κ1) is 9.10. The molecule has 1 atom stereocenters. The van der Waals surface area contributed by atoms with Crippen molar-refractivity contribution in [3.8, 4) is 0 Å². The predicted octanol–water partition coefficient (Wildman–Crippen LogP) is -0.832.